The quantitative estimate of drug-likeness (QED) is 0.863. The van der Waals surface area contributed by atoms with Gasteiger partial charge in [0.2, 0.25) is 0 Å². The van der Waals surface area contributed by atoms with Crippen molar-refractivity contribution in [2.45, 2.75) is 19.8 Å². The van der Waals surface area contributed by atoms with Gasteiger partial charge in [0, 0.05) is 21.6 Å². The second-order valence-corrected chi connectivity index (χ2v) is 6.76. The SMILES string of the molecule is Clc1sc(CNc2ccc3c(c2)COC3)cc1Br. The molecule has 0 radical (unpaired) electrons. The van der Waals surface area contributed by atoms with Gasteiger partial charge in [-0.3, -0.25) is 0 Å². The first-order chi connectivity index (χ1) is 8.72. The molecule has 5 heteroatoms. The highest BCUT2D eigenvalue weighted by Gasteiger charge is 2.11. The van der Waals surface area contributed by atoms with Crippen molar-refractivity contribution in [1.82, 2.24) is 0 Å². The van der Waals surface area contributed by atoms with Crippen LogP contribution < -0.4 is 5.32 Å². The zero-order valence-electron chi connectivity index (χ0n) is 9.50. The van der Waals surface area contributed by atoms with Gasteiger partial charge in [0.05, 0.1) is 13.2 Å². The second kappa shape index (κ2) is 5.21. The molecule has 0 unspecified atom stereocenters. The molecule has 1 aromatic heterocycles. The van der Waals surface area contributed by atoms with Crippen LogP contribution in [-0.4, -0.2) is 0 Å². The Labute approximate surface area is 123 Å². The van der Waals surface area contributed by atoms with Crippen molar-refractivity contribution in [1.29, 1.82) is 0 Å². The summed E-state index contributed by atoms with van der Waals surface area (Å²) in [4.78, 5) is 1.21. The summed E-state index contributed by atoms with van der Waals surface area (Å²) in [6.07, 6.45) is 0. The summed E-state index contributed by atoms with van der Waals surface area (Å²) in [6, 6.07) is 8.43. The third kappa shape index (κ3) is 2.57. The second-order valence-electron chi connectivity index (χ2n) is 4.16. The Bertz CT molecular complexity index is 565. The predicted molar refractivity (Wildman–Crippen MR) is 79.3 cm³/mol. The van der Waals surface area contributed by atoms with Crippen LogP contribution >= 0.6 is 38.9 Å². The number of halogens is 2. The molecular formula is C13H11BrClNOS. The van der Waals surface area contributed by atoms with Gasteiger partial charge in [0.15, 0.2) is 0 Å². The molecule has 3 rings (SSSR count). The summed E-state index contributed by atoms with van der Waals surface area (Å²) in [7, 11) is 0. The van der Waals surface area contributed by atoms with E-state index in [1.165, 1.54) is 16.0 Å². The lowest BCUT2D eigenvalue weighted by Crippen LogP contribution is -1.98. The summed E-state index contributed by atoms with van der Waals surface area (Å²) in [6.45, 7) is 2.25. The lowest BCUT2D eigenvalue weighted by molar-refractivity contribution is 0.134. The number of nitrogens with one attached hydrogen (secondary N) is 1. The smallest absolute Gasteiger partial charge is 0.107 e. The van der Waals surface area contributed by atoms with Crippen LogP contribution in [0.1, 0.15) is 16.0 Å². The molecule has 0 bridgehead atoms. The van der Waals surface area contributed by atoms with E-state index in [9.17, 15) is 0 Å². The molecule has 1 aromatic carbocycles. The van der Waals surface area contributed by atoms with E-state index in [2.05, 4.69) is 45.5 Å². The van der Waals surface area contributed by atoms with Gasteiger partial charge >= 0.3 is 0 Å². The van der Waals surface area contributed by atoms with Gasteiger partial charge in [-0.05, 0) is 45.3 Å². The molecule has 2 aromatic rings. The van der Waals surface area contributed by atoms with Gasteiger partial charge in [-0.15, -0.1) is 11.3 Å². The van der Waals surface area contributed by atoms with Crippen LogP contribution in [0.15, 0.2) is 28.7 Å². The number of ether oxygens (including phenoxy) is 1. The molecule has 2 heterocycles. The largest absolute Gasteiger partial charge is 0.380 e. The Morgan fingerprint density at radius 3 is 2.89 bits per heavy atom. The standard InChI is InChI=1S/C13H11BrClNOS/c14-12-4-11(18-13(12)15)5-16-10-2-1-8-6-17-7-9(8)3-10/h1-4,16H,5-7H2. The van der Waals surface area contributed by atoms with Gasteiger partial charge in [0.25, 0.3) is 0 Å². The van der Waals surface area contributed by atoms with Gasteiger partial charge in [0.1, 0.15) is 4.34 Å². The number of hydrogen-bond acceptors (Lipinski definition) is 3. The maximum Gasteiger partial charge on any atom is 0.107 e. The minimum atomic E-state index is 0.723. The molecular weight excluding hydrogens is 334 g/mol. The van der Waals surface area contributed by atoms with E-state index in [4.69, 9.17) is 16.3 Å². The van der Waals surface area contributed by atoms with Crippen LogP contribution in [0.25, 0.3) is 0 Å². The lowest BCUT2D eigenvalue weighted by Gasteiger charge is -2.06. The number of rotatable bonds is 3. The van der Waals surface area contributed by atoms with Crippen LogP contribution in [0.4, 0.5) is 5.69 Å². The third-order valence-electron chi connectivity index (χ3n) is 2.88. The number of thiophene rings is 1. The minimum Gasteiger partial charge on any atom is -0.380 e. The summed E-state index contributed by atoms with van der Waals surface area (Å²) >= 11 is 11.0. The minimum absolute atomic E-state index is 0.723. The fraction of sp³-hybridized carbons (Fsp3) is 0.231. The van der Waals surface area contributed by atoms with Crippen LogP contribution in [0.2, 0.25) is 4.34 Å². The summed E-state index contributed by atoms with van der Waals surface area (Å²) in [5.41, 5.74) is 3.70. The highest BCUT2D eigenvalue weighted by molar-refractivity contribution is 9.10. The topological polar surface area (TPSA) is 21.3 Å². The first-order valence-corrected chi connectivity index (χ1v) is 7.58. The van der Waals surface area contributed by atoms with Gasteiger partial charge < -0.3 is 10.1 Å². The van der Waals surface area contributed by atoms with Crippen LogP contribution in [-0.2, 0) is 24.5 Å². The molecule has 0 amide bonds. The van der Waals surface area contributed by atoms with Crippen molar-refractivity contribution < 1.29 is 4.74 Å². The highest BCUT2D eigenvalue weighted by Crippen LogP contribution is 2.32. The first-order valence-electron chi connectivity index (χ1n) is 5.59. The average molecular weight is 345 g/mol. The molecule has 0 saturated carbocycles. The lowest BCUT2D eigenvalue weighted by atomic mass is 10.1. The molecule has 18 heavy (non-hydrogen) atoms. The van der Waals surface area contributed by atoms with E-state index in [1.807, 2.05) is 0 Å². The fourth-order valence-electron chi connectivity index (χ4n) is 1.95. The molecule has 0 aliphatic carbocycles. The van der Waals surface area contributed by atoms with Crippen LogP contribution in [0.3, 0.4) is 0 Å². The van der Waals surface area contributed by atoms with Crippen molar-refractivity contribution in [2.75, 3.05) is 5.32 Å². The van der Waals surface area contributed by atoms with E-state index >= 15 is 0 Å². The van der Waals surface area contributed by atoms with Gasteiger partial charge in [-0.1, -0.05) is 17.7 Å². The van der Waals surface area contributed by atoms with Crippen LogP contribution in [0, 0.1) is 0 Å². The van der Waals surface area contributed by atoms with Crippen molar-refractivity contribution in [2.24, 2.45) is 0 Å². The van der Waals surface area contributed by atoms with Crippen molar-refractivity contribution >= 4 is 44.6 Å². The van der Waals surface area contributed by atoms with E-state index in [1.54, 1.807) is 11.3 Å². The first kappa shape index (κ1) is 12.5. The molecule has 0 atom stereocenters. The molecule has 0 fully saturated rings. The third-order valence-corrected chi connectivity index (χ3v) is 5.36. The van der Waals surface area contributed by atoms with Crippen molar-refractivity contribution in [3.05, 3.63) is 49.1 Å². The number of anilines is 1. The zero-order valence-corrected chi connectivity index (χ0v) is 12.7. The number of benzene rings is 1. The van der Waals surface area contributed by atoms with Crippen molar-refractivity contribution in [3.63, 3.8) is 0 Å². The molecule has 1 aliphatic heterocycles. The van der Waals surface area contributed by atoms with E-state index in [0.29, 0.717) is 0 Å². The summed E-state index contributed by atoms with van der Waals surface area (Å²) in [5, 5.41) is 3.41. The van der Waals surface area contributed by atoms with Crippen LogP contribution in [0.5, 0.6) is 0 Å². The number of hydrogen-bond donors (Lipinski definition) is 1. The molecule has 2 nitrogen and oxygen atoms in total. The van der Waals surface area contributed by atoms with E-state index in [0.717, 1.165) is 34.3 Å². The molecule has 0 spiro atoms. The maximum atomic E-state index is 6.02. The van der Waals surface area contributed by atoms with Gasteiger partial charge in [-0.2, -0.15) is 0 Å². The molecule has 94 valence electrons. The molecule has 1 aliphatic rings. The number of fused-ring (bicyclic) bond motifs is 1. The Hall–Kier alpha value is -0.550. The summed E-state index contributed by atoms with van der Waals surface area (Å²) < 4.78 is 7.17. The molecule has 1 N–H and O–H groups in total. The molecule has 0 saturated heterocycles. The van der Waals surface area contributed by atoms with E-state index in [-0.39, 0.29) is 0 Å². The normalized spacial score (nSPS) is 13.7. The Kier molecular flexibility index (Phi) is 3.61. The summed E-state index contributed by atoms with van der Waals surface area (Å²) in [5.74, 6) is 0. The maximum absolute atomic E-state index is 6.02. The zero-order chi connectivity index (χ0) is 12.5. The average Bonchev–Trinajstić information content (AvgIpc) is 2.94. The van der Waals surface area contributed by atoms with Crippen molar-refractivity contribution in [3.8, 4) is 0 Å². The van der Waals surface area contributed by atoms with Gasteiger partial charge in [-0.25, -0.2) is 0 Å². The Balaban J connectivity index is 1.70. The monoisotopic (exact) mass is 343 g/mol. The Morgan fingerprint density at radius 1 is 1.28 bits per heavy atom. The Morgan fingerprint density at radius 2 is 2.11 bits per heavy atom. The van der Waals surface area contributed by atoms with E-state index < -0.39 is 0 Å². The highest BCUT2D eigenvalue weighted by atomic mass is 79.9. The fourth-order valence-corrected chi connectivity index (χ4v) is 3.68. The predicted octanol–water partition coefficient (Wildman–Crippen LogP) is 4.81.